The lowest BCUT2D eigenvalue weighted by molar-refractivity contribution is -0.131. The molecule has 1 aromatic heterocycles. The van der Waals surface area contributed by atoms with Gasteiger partial charge < -0.3 is 14.6 Å². The second-order valence-electron chi connectivity index (χ2n) is 6.75. The molecule has 0 atom stereocenters. The van der Waals surface area contributed by atoms with Gasteiger partial charge in [0.1, 0.15) is 6.26 Å². The highest BCUT2D eigenvalue weighted by molar-refractivity contribution is 7.89. The standard InChI is InChI=1S/C19H23N3O5S/c1-14-3-4-15(2)17(11-14)28(25,26)22-8-6-21(7-9-22)18(23)12-20-19(24)16-5-10-27-13-16/h3-5,10-11,13H,6-9,12H2,1-2H3,(H,20,24). The first kappa shape index (κ1) is 20.1. The van der Waals surface area contributed by atoms with Crippen molar-refractivity contribution < 1.29 is 22.4 Å². The zero-order chi connectivity index (χ0) is 20.3. The third kappa shape index (κ3) is 4.26. The van der Waals surface area contributed by atoms with Gasteiger partial charge in [-0.3, -0.25) is 9.59 Å². The number of carbonyl (C=O) groups is 2. The van der Waals surface area contributed by atoms with Crippen LogP contribution in [0.4, 0.5) is 0 Å². The van der Waals surface area contributed by atoms with Crippen LogP contribution in [0.15, 0.2) is 46.1 Å². The van der Waals surface area contributed by atoms with Crippen LogP contribution in [-0.2, 0) is 14.8 Å². The van der Waals surface area contributed by atoms with Crippen molar-refractivity contribution in [2.24, 2.45) is 0 Å². The van der Waals surface area contributed by atoms with E-state index in [1.54, 1.807) is 24.0 Å². The summed E-state index contributed by atoms with van der Waals surface area (Å²) in [5.41, 5.74) is 1.93. The Morgan fingerprint density at radius 3 is 2.46 bits per heavy atom. The van der Waals surface area contributed by atoms with Crippen LogP contribution >= 0.6 is 0 Å². The summed E-state index contributed by atoms with van der Waals surface area (Å²) in [6.45, 7) is 4.48. The number of benzene rings is 1. The number of rotatable bonds is 5. The van der Waals surface area contributed by atoms with E-state index >= 15 is 0 Å². The molecule has 1 saturated heterocycles. The van der Waals surface area contributed by atoms with Crippen LogP contribution in [0.25, 0.3) is 0 Å². The fourth-order valence-corrected chi connectivity index (χ4v) is 4.80. The highest BCUT2D eigenvalue weighted by Crippen LogP contribution is 2.22. The van der Waals surface area contributed by atoms with Gasteiger partial charge in [-0.15, -0.1) is 0 Å². The largest absolute Gasteiger partial charge is 0.472 e. The Morgan fingerprint density at radius 1 is 1.11 bits per heavy atom. The molecule has 1 N–H and O–H groups in total. The molecule has 0 spiro atoms. The zero-order valence-corrected chi connectivity index (χ0v) is 16.7. The van der Waals surface area contributed by atoms with Crippen molar-refractivity contribution in [2.75, 3.05) is 32.7 Å². The number of hydrogen-bond acceptors (Lipinski definition) is 5. The number of furan rings is 1. The first-order chi connectivity index (χ1) is 13.3. The zero-order valence-electron chi connectivity index (χ0n) is 15.8. The molecule has 150 valence electrons. The maximum atomic E-state index is 12.9. The maximum absolute atomic E-state index is 12.9. The van der Waals surface area contributed by atoms with E-state index in [-0.39, 0.29) is 38.6 Å². The molecule has 9 heteroatoms. The summed E-state index contributed by atoms with van der Waals surface area (Å²) in [5, 5.41) is 2.54. The molecular formula is C19H23N3O5S. The van der Waals surface area contributed by atoms with E-state index in [1.165, 1.54) is 22.9 Å². The van der Waals surface area contributed by atoms with E-state index in [4.69, 9.17) is 4.42 Å². The van der Waals surface area contributed by atoms with Gasteiger partial charge >= 0.3 is 0 Å². The van der Waals surface area contributed by atoms with Crippen LogP contribution in [0.3, 0.4) is 0 Å². The molecule has 0 bridgehead atoms. The van der Waals surface area contributed by atoms with E-state index in [9.17, 15) is 18.0 Å². The quantitative estimate of drug-likeness (QED) is 0.805. The topological polar surface area (TPSA) is 99.9 Å². The Hall–Kier alpha value is -2.65. The molecule has 1 aromatic carbocycles. The number of aryl methyl sites for hydroxylation is 2. The summed E-state index contributed by atoms with van der Waals surface area (Å²) in [7, 11) is -3.60. The highest BCUT2D eigenvalue weighted by atomic mass is 32.2. The molecule has 1 aliphatic rings. The third-order valence-electron chi connectivity index (χ3n) is 4.74. The van der Waals surface area contributed by atoms with Crippen molar-refractivity contribution in [3.63, 3.8) is 0 Å². The number of piperazine rings is 1. The SMILES string of the molecule is Cc1ccc(C)c(S(=O)(=O)N2CCN(C(=O)CNC(=O)c3ccoc3)CC2)c1. The van der Waals surface area contributed by atoms with Crippen LogP contribution in [0.5, 0.6) is 0 Å². The maximum Gasteiger partial charge on any atom is 0.254 e. The van der Waals surface area contributed by atoms with E-state index < -0.39 is 15.9 Å². The highest BCUT2D eigenvalue weighted by Gasteiger charge is 2.31. The summed E-state index contributed by atoms with van der Waals surface area (Å²) >= 11 is 0. The first-order valence-electron chi connectivity index (χ1n) is 8.94. The van der Waals surface area contributed by atoms with Crippen LogP contribution in [0.1, 0.15) is 21.5 Å². The Labute approximate surface area is 164 Å². The number of nitrogens with one attached hydrogen (secondary N) is 1. The van der Waals surface area contributed by atoms with Gasteiger partial charge in [0.15, 0.2) is 0 Å². The molecule has 0 aliphatic carbocycles. The van der Waals surface area contributed by atoms with E-state index in [2.05, 4.69) is 5.32 Å². The van der Waals surface area contributed by atoms with Gasteiger partial charge in [0.05, 0.1) is 23.3 Å². The Kier molecular flexibility index (Phi) is 5.85. The average Bonchev–Trinajstić information content (AvgIpc) is 3.22. The Balaban J connectivity index is 1.57. The Morgan fingerprint density at radius 2 is 1.82 bits per heavy atom. The molecule has 3 rings (SSSR count). The van der Waals surface area contributed by atoms with Gasteiger partial charge in [-0.25, -0.2) is 8.42 Å². The fourth-order valence-electron chi connectivity index (χ4n) is 3.07. The predicted molar refractivity (Wildman–Crippen MR) is 102 cm³/mol. The summed E-state index contributed by atoms with van der Waals surface area (Å²) in [5.74, 6) is -0.640. The summed E-state index contributed by atoms with van der Waals surface area (Å²) in [4.78, 5) is 26.0. The van der Waals surface area contributed by atoms with Crippen molar-refractivity contribution in [2.45, 2.75) is 18.7 Å². The molecular weight excluding hydrogens is 382 g/mol. The van der Waals surface area contributed by atoms with Crippen molar-refractivity contribution >= 4 is 21.8 Å². The minimum atomic E-state index is -3.60. The number of nitrogens with zero attached hydrogens (tertiary/aromatic N) is 2. The molecule has 2 aromatic rings. The number of hydrogen-bond donors (Lipinski definition) is 1. The van der Waals surface area contributed by atoms with Crippen LogP contribution in [0, 0.1) is 13.8 Å². The summed E-state index contributed by atoms with van der Waals surface area (Å²) < 4.78 is 32.1. The molecule has 0 unspecified atom stereocenters. The van der Waals surface area contributed by atoms with Crippen LogP contribution in [0.2, 0.25) is 0 Å². The first-order valence-corrected chi connectivity index (χ1v) is 10.4. The van der Waals surface area contributed by atoms with E-state index in [0.29, 0.717) is 16.0 Å². The summed E-state index contributed by atoms with van der Waals surface area (Å²) in [6.07, 6.45) is 2.68. The van der Waals surface area contributed by atoms with Gasteiger partial charge in [-0.05, 0) is 37.1 Å². The van der Waals surface area contributed by atoms with Crippen LogP contribution < -0.4 is 5.32 Å². The Bertz CT molecular complexity index is 961. The molecule has 2 amide bonds. The lowest BCUT2D eigenvalue weighted by atomic mass is 10.2. The molecule has 1 aliphatic heterocycles. The van der Waals surface area contributed by atoms with Gasteiger partial charge in [-0.2, -0.15) is 4.31 Å². The van der Waals surface area contributed by atoms with Crippen molar-refractivity contribution in [3.05, 3.63) is 53.5 Å². The second-order valence-corrected chi connectivity index (χ2v) is 8.65. The third-order valence-corrected chi connectivity index (χ3v) is 6.78. The number of amides is 2. The smallest absolute Gasteiger partial charge is 0.254 e. The van der Waals surface area contributed by atoms with Gasteiger partial charge in [0.25, 0.3) is 5.91 Å². The molecule has 0 radical (unpaired) electrons. The molecule has 8 nitrogen and oxygen atoms in total. The van der Waals surface area contributed by atoms with Crippen molar-refractivity contribution in [3.8, 4) is 0 Å². The molecule has 2 heterocycles. The van der Waals surface area contributed by atoms with Crippen molar-refractivity contribution in [1.82, 2.24) is 14.5 Å². The van der Waals surface area contributed by atoms with Crippen LogP contribution in [-0.4, -0.2) is 62.2 Å². The lowest BCUT2D eigenvalue weighted by Crippen LogP contribution is -2.52. The molecule has 1 fully saturated rings. The minimum Gasteiger partial charge on any atom is -0.472 e. The minimum absolute atomic E-state index is 0.145. The van der Waals surface area contributed by atoms with Gasteiger partial charge in [0, 0.05) is 26.2 Å². The average molecular weight is 405 g/mol. The normalized spacial score (nSPS) is 15.4. The number of carbonyl (C=O) groups excluding carboxylic acids is 2. The lowest BCUT2D eigenvalue weighted by Gasteiger charge is -2.34. The number of sulfonamides is 1. The molecule has 0 saturated carbocycles. The fraction of sp³-hybridized carbons (Fsp3) is 0.368. The van der Waals surface area contributed by atoms with E-state index in [1.807, 2.05) is 13.0 Å². The molecule has 28 heavy (non-hydrogen) atoms. The van der Waals surface area contributed by atoms with E-state index in [0.717, 1.165) is 5.56 Å². The second kappa shape index (κ2) is 8.15. The summed E-state index contributed by atoms with van der Waals surface area (Å²) in [6, 6.07) is 6.86. The predicted octanol–water partition coefficient (Wildman–Crippen LogP) is 1.16. The van der Waals surface area contributed by atoms with Crippen molar-refractivity contribution in [1.29, 1.82) is 0 Å². The van der Waals surface area contributed by atoms with Gasteiger partial charge in [-0.1, -0.05) is 12.1 Å². The monoisotopic (exact) mass is 405 g/mol. The van der Waals surface area contributed by atoms with Gasteiger partial charge in [0.2, 0.25) is 15.9 Å².